The van der Waals surface area contributed by atoms with Crippen molar-refractivity contribution in [2.24, 2.45) is 0 Å². The van der Waals surface area contributed by atoms with E-state index in [-0.39, 0.29) is 6.42 Å². The van der Waals surface area contributed by atoms with Gasteiger partial charge in [-0.2, -0.15) is 22.0 Å². The van der Waals surface area contributed by atoms with Crippen LogP contribution in [0.15, 0.2) is 12.2 Å². The molecular weight excluding hydrogens is 351 g/mol. The maximum Gasteiger partial charge on any atom is 0.468 e. The monoisotopic (exact) mass is 366 g/mol. The highest BCUT2D eigenvalue weighted by atomic mass is 32.1. The van der Waals surface area contributed by atoms with Crippen molar-refractivity contribution in [3.63, 3.8) is 0 Å². The molecule has 0 heterocycles. The predicted molar refractivity (Wildman–Crippen MR) is 70.8 cm³/mol. The second-order valence-corrected chi connectivity index (χ2v) is 5.03. The molecule has 0 aliphatic rings. The van der Waals surface area contributed by atoms with E-state index in [0.29, 0.717) is 0 Å². The van der Waals surface area contributed by atoms with Crippen LogP contribution in [-0.4, -0.2) is 42.4 Å². The van der Waals surface area contributed by atoms with Crippen molar-refractivity contribution in [1.29, 1.82) is 0 Å². The zero-order chi connectivity index (χ0) is 18.5. The number of rotatable bonds is 8. The number of thiol groups is 1. The normalized spacial score (nSPS) is 14.8. The molecule has 1 atom stereocenters. The van der Waals surface area contributed by atoms with Gasteiger partial charge in [-0.05, 0) is 13.3 Å². The standard InChI is InChI=1S/C12H15F5O5S/c1-4-5-20-9(19)11(12(15,16)17,21-6-10(13,14)23)22-8(18)7(2)3/h23H,2,4-6H2,1,3H3. The topological polar surface area (TPSA) is 61.8 Å². The minimum Gasteiger partial charge on any atom is -0.461 e. The van der Waals surface area contributed by atoms with Crippen molar-refractivity contribution in [1.82, 2.24) is 0 Å². The summed E-state index contributed by atoms with van der Waals surface area (Å²) in [7, 11) is 0. The van der Waals surface area contributed by atoms with Crippen LogP contribution in [0.3, 0.4) is 0 Å². The van der Waals surface area contributed by atoms with E-state index in [1.54, 1.807) is 0 Å². The van der Waals surface area contributed by atoms with Gasteiger partial charge in [-0.15, -0.1) is 12.6 Å². The van der Waals surface area contributed by atoms with Gasteiger partial charge in [0.05, 0.1) is 6.61 Å². The Kier molecular flexibility index (Phi) is 7.48. The fraction of sp³-hybridized carbons (Fsp3) is 0.667. The molecule has 0 bridgehead atoms. The predicted octanol–water partition coefficient (Wildman–Crippen LogP) is 2.86. The van der Waals surface area contributed by atoms with Crippen molar-refractivity contribution < 1.29 is 45.8 Å². The summed E-state index contributed by atoms with van der Waals surface area (Å²) in [5.41, 5.74) is -0.511. The Morgan fingerprint density at radius 1 is 1.17 bits per heavy atom. The molecule has 1 unspecified atom stereocenters. The molecule has 5 nitrogen and oxygen atoms in total. The highest BCUT2D eigenvalue weighted by Crippen LogP contribution is 2.38. The molecule has 0 saturated carbocycles. The van der Waals surface area contributed by atoms with Gasteiger partial charge in [0.15, 0.2) is 0 Å². The van der Waals surface area contributed by atoms with Gasteiger partial charge in [0.2, 0.25) is 0 Å². The number of hydrogen-bond donors (Lipinski definition) is 1. The van der Waals surface area contributed by atoms with Crippen LogP contribution in [0.25, 0.3) is 0 Å². The maximum atomic E-state index is 13.2. The second-order valence-electron chi connectivity index (χ2n) is 4.37. The minimum absolute atomic E-state index is 0.136. The average Bonchev–Trinajstić information content (AvgIpc) is 2.37. The highest BCUT2D eigenvalue weighted by molar-refractivity contribution is 7.81. The van der Waals surface area contributed by atoms with Crippen LogP contribution in [0, 0.1) is 0 Å². The van der Waals surface area contributed by atoms with E-state index in [4.69, 9.17) is 0 Å². The minimum atomic E-state index is -5.68. The molecule has 0 amide bonds. The lowest BCUT2D eigenvalue weighted by atomic mass is 10.2. The number of carbonyl (C=O) groups excluding carboxylic acids is 2. The number of alkyl halides is 5. The molecular formula is C12H15F5O5S. The van der Waals surface area contributed by atoms with E-state index in [0.717, 1.165) is 6.92 Å². The third kappa shape index (κ3) is 6.34. The molecule has 0 aromatic rings. The molecule has 0 rings (SSSR count). The number of hydrogen-bond acceptors (Lipinski definition) is 6. The summed E-state index contributed by atoms with van der Waals surface area (Å²) in [4.78, 5) is 23.1. The van der Waals surface area contributed by atoms with Crippen molar-refractivity contribution in [2.45, 2.75) is 37.5 Å². The van der Waals surface area contributed by atoms with Gasteiger partial charge < -0.3 is 14.2 Å². The van der Waals surface area contributed by atoms with Crippen molar-refractivity contribution in [3.05, 3.63) is 12.2 Å². The second kappa shape index (κ2) is 7.95. The van der Waals surface area contributed by atoms with Crippen LogP contribution in [-0.2, 0) is 23.8 Å². The van der Waals surface area contributed by atoms with E-state index in [9.17, 15) is 31.5 Å². The van der Waals surface area contributed by atoms with Gasteiger partial charge in [0, 0.05) is 5.57 Å². The highest BCUT2D eigenvalue weighted by Gasteiger charge is 2.68. The molecule has 0 aromatic carbocycles. The van der Waals surface area contributed by atoms with E-state index < -0.39 is 47.9 Å². The first kappa shape index (κ1) is 21.6. The van der Waals surface area contributed by atoms with Gasteiger partial charge in [-0.3, -0.25) is 0 Å². The zero-order valence-corrected chi connectivity index (χ0v) is 13.1. The molecule has 0 spiro atoms. The fourth-order valence-electron chi connectivity index (χ4n) is 1.08. The summed E-state index contributed by atoms with van der Waals surface area (Å²) in [5, 5.41) is -4.02. The molecule has 23 heavy (non-hydrogen) atoms. The van der Waals surface area contributed by atoms with Gasteiger partial charge >= 0.3 is 29.2 Å². The van der Waals surface area contributed by atoms with Crippen molar-refractivity contribution in [2.75, 3.05) is 13.2 Å². The molecule has 0 radical (unpaired) electrons. The number of ether oxygens (including phenoxy) is 3. The molecule has 0 saturated heterocycles. The van der Waals surface area contributed by atoms with E-state index in [1.165, 1.54) is 6.92 Å². The molecule has 0 aromatic heterocycles. The number of esters is 2. The Labute approximate surface area is 134 Å². The molecule has 11 heteroatoms. The Hall–Kier alpha value is -1.36. The lowest BCUT2D eigenvalue weighted by Gasteiger charge is -2.32. The largest absolute Gasteiger partial charge is 0.468 e. The van der Waals surface area contributed by atoms with Crippen LogP contribution >= 0.6 is 12.6 Å². The summed E-state index contributed by atoms with van der Waals surface area (Å²) in [6.45, 7) is 3.08. The van der Waals surface area contributed by atoms with E-state index in [1.807, 2.05) is 0 Å². The first-order chi connectivity index (χ1) is 10.3. The Balaban J connectivity index is 5.77. The third-order valence-electron chi connectivity index (χ3n) is 2.11. The summed E-state index contributed by atoms with van der Waals surface area (Å²) in [6, 6.07) is 0. The summed E-state index contributed by atoms with van der Waals surface area (Å²) < 4.78 is 77.4. The van der Waals surface area contributed by atoms with Crippen molar-refractivity contribution >= 4 is 24.6 Å². The van der Waals surface area contributed by atoms with Crippen LogP contribution in [0.2, 0.25) is 0 Å². The van der Waals surface area contributed by atoms with Gasteiger partial charge in [-0.25, -0.2) is 9.59 Å². The summed E-state index contributed by atoms with van der Waals surface area (Å²) in [5.74, 6) is -8.19. The van der Waals surface area contributed by atoms with E-state index in [2.05, 4.69) is 33.4 Å². The quantitative estimate of drug-likeness (QED) is 0.235. The maximum absolute atomic E-state index is 13.2. The zero-order valence-electron chi connectivity index (χ0n) is 12.2. The molecule has 0 aliphatic heterocycles. The van der Waals surface area contributed by atoms with Crippen LogP contribution in [0.5, 0.6) is 0 Å². The Morgan fingerprint density at radius 3 is 2.04 bits per heavy atom. The van der Waals surface area contributed by atoms with Crippen LogP contribution in [0.1, 0.15) is 20.3 Å². The summed E-state index contributed by atoms with van der Waals surface area (Å²) in [6.07, 6.45) is -5.54. The molecule has 0 aliphatic carbocycles. The Morgan fingerprint density at radius 2 is 1.70 bits per heavy atom. The van der Waals surface area contributed by atoms with Gasteiger partial charge in [0.1, 0.15) is 6.61 Å². The molecule has 134 valence electrons. The lowest BCUT2D eigenvalue weighted by Crippen LogP contribution is -2.59. The lowest BCUT2D eigenvalue weighted by molar-refractivity contribution is -0.359. The Bertz CT molecular complexity index is 460. The molecule has 0 fully saturated rings. The summed E-state index contributed by atoms with van der Waals surface area (Å²) >= 11 is 2.70. The number of halogens is 5. The smallest absolute Gasteiger partial charge is 0.461 e. The fourth-order valence-corrected chi connectivity index (χ4v) is 1.15. The van der Waals surface area contributed by atoms with Gasteiger partial charge in [0.25, 0.3) is 0 Å². The van der Waals surface area contributed by atoms with Gasteiger partial charge in [-0.1, -0.05) is 13.5 Å². The van der Waals surface area contributed by atoms with Crippen molar-refractivity contribution in [3.8, 4) is 0 Å². The average molecular weight is 366 g/mol. The third-order valence-corrected chi connectivity index (χ3v) is 2.24. The van der Waals surface area contributed by atoms with Crippen LogP contribution < -0.4 is 0 Å². The first-order valence-electron chi connectivity index (χ1n) is 6.13. The first-order valence-corrected chi connectivity index (χ1v) is 6.58. The number of carbonyl (C=O) groups is 2. The SMILES string of the molecule is C=C(C)C(=O)OC(OCC(F)(F)S)(C(=O)OCCC)C(F)(F)F. The molecule has 0 N–H and O–H groups in total. The van der Waals surface area contributed by atoms with E-state index >= 15 is 0 Å². The van der Waals surface area contributed by atoms with Crippen LogP contribution in [0.4, 0.5) is 22.0 Å².